The molecule has 0 radical (unpaired) electrons. The van der Waals surface area contributed by atoms with Gasteiger partial charge in [0.2, 0.25) is 11.8 Å². The number of aromatic nitrogens is 1. The van der Waals surface area contributed by atoms with Gasteiger partial charge in [-0.05, 0) is 23.8 Å². The number of thiazole rings is 1. The van der Waals surface area contributed by atoms with Crippen molar-refractivity contribution in [1.82, 2.24) is 15.6 Å². The molecule has 1 aromatic heterocycles. The number of benzene rings is 2. The lowest BCUT2D eigenvalue weighted by Crippen LogP contribution is -2.44. The van der Waals surface area contributed by atoms with Gasteiger partial charge in [0.05, 0.1) is 17.7 Å². The van der Waals surface area contributed by atoms with E-state index in [-0.39, 0.29) is 18.2 Å². The van der Waals surface area contributed by atoms with E-state index in [1.165, 1.54) is 0 Å². The van der Waals surface area contributed by atoms with Gasteiger partial charge in [0.1, 0.15) is 11.0 Å². The summed E-state index contributed by atoms with van der Waals surface area (Å²) in [4.78, 5) is 41.4. The van der Waals surface area contributed by atoms with E-state index in [0.717, 1.165) is 16.1 Å². The van der Waals surface area contributed by atoms with E-state index in [2.05, 4.69) is 20.9 Å². The topological polar surface area (TPSA) is 100 Å². The van der Waals surface area contributed by atoms with Crippen LogP contribution in [0.5, 0.6) is 0 Å². The number of amides is 3. The standard InChI is InChI=1S/C21H18N4O3S/c26-18(23-12-13-4-3-5-14(10-13)21-22-8-9-29-21)11-17-20(28)24-16-7-2-1-6-15(16)19(27)25-17/h1-10,17H,11-12H2,(H,23,26)(H,24,28)(H,25,27). The third-order valence-corrected chi connectivity index (χ3v) is 5.36. The Kier molecular flexibility index (Phi) is 5.35. The van der Waals surface area contributed by atoms with E-state index in [9.17, 15) is 14.4 Å². The molecule has 0 saturated heterocycles. The molecule has 0 aliphatic carbocycles. The smallest absolute Gasteiger partial charge is 0.254 e. The Bertz CT molecular complexity index is 1070. The van der Waals surface area contributed by atoms with Gasteiger partial charge in [0, 0.05) is 23.7 Å². The third kappa shape index (κ3) is 4.33. The Labute approximate surface area is 171 Å². The molecule has 4 rings (SSSR count). The van der Waals surface area contributed by atoms with E-state index in [1.54, 1.807) is 41.8 Å². The maximum absolute atomic E-state index is 12.4. The fourth-order valence-electron chi connectivity index (χ4n) is 3.09. The van der Waals surface area contributed by atoms with Crippen LogP contribution in [0.25, 0.3) is 10.6 Å². The number of rotatable bonds is 5. The van der Waals surface area contributed by atoms with E-state index < -0.39 is 11.9 Å². The molecule has 0 fully saturated rings. The van der Waals surface area contributed by atoms with Crippen LogP contribution in [-0.4, -0.2) is 28.7 Å². The Hall–Kier alpha value is -3.52. The second-order valence-electron chi connectivity index (χ2n) is 6.58. The highest BCUT2D eigenvalue weighted by Crippen LogP contribution is 2.22. The van der Waals surface area contributed by atoms with Crippen LogP contribution in [0.2, 0.25) is 0 Å². The SMILES string of the molecule is O=C(CC1NC(=O)c2ccccc2NC1=O)NCc1cccc(-c2nccs2)c1. The first kappa shape index (κ1) is 18.8. The maximum atomic E-state index is 12.4. The molecule has 0 spiro atoms. The van der Waals surface area contributed by atoms with Crippen LogP contribution in [0.3, 0.4) is 0 Å². The lowest BCUT2D eigenvalue weighted by Gasteiger charge is -2.14. The molecule has 8 heteroatoms. The van der Waals surface area contributed by atoms with Gasteiger partial charge in [0.15, 0.2) is 0 Å². The number of carbonyl (C=O) groups is 3. The molecule has 2 aromatic carbocycles. The highest BCUT2D eigenvalue weighted by molar-refractivity contribution is 7.13. The summed E-state index contributed by atoms with van der Waals surface area (Å²) in [5.41, 5.74) is 2.73. The minimum Gasteiger partial charge on any atom is -0.352 e. The van der Waals surface area contributed by atoms with E-state index in [1.807, 2.05) is 29.6 Å². The van der Waals surface area contributed by atoms with Gasteiger partial charge in [-0.1, -0.05) is 30.3 Å². The highest BCUT2D eigenvalue weighted by Gasteiger charge is 2.29. The molecule has 1 aliphatic rings. The molecule has 1 atom stereocenters. The summed E-state index contributed by atoms with van der Waals surface area (Å²) in [6.07, 6.45) is 1.61. The Morgan fingerprint density at radius 3 is 2.83 bits per heavy atom. The second kappa shape index (κ2) is 8.24. The molecule has 3 aromatic rings. The average molecular weight is 406 g/mol. The largest absolute Gasteiger partial charge is 0.352 e. The lowest BCUT2D eigenvalue weighted by atomic mass is 10.1. The summed E-state index contributed by atoms with van der Waals surface area (Å²) in [5.74, 6) is -1.12. The number of hydrogen-bond donors (Lipinski definition) is 3. The Morgan fingerprint density at radius 1 is 1.14 bits per heavy atom. The van der Waals surface area contributed by atoms with Crippen molar-refractivity contribution in [3.05, 3.63) is 71.2 Å². The van der Waals surface area contributed by atoms with Crippen LogP contribution in [0.1, 0.15) is 22.3 Å². The van der Waals surface area contributed by atoms with Gasteiger partial charge < -0.3 is 16.0 Å². The quantitative estimate of drug-likeness (QED) is 0.606. The van der Waals surface area contributed by atoms with Crippen LogP contribution in [0.4, 0.5) is 5.69 Å². The molecule has 0 saturated carbocycles. The molecule has 146 valence electrons. The Morgan fingerprint density at radius 2 is 2.00 bits per heavy atom. The zero-order valence-electron chi connectivity index (χ0n) is 15.3. The van der Waals surface area contributed by atoms with Crippen LogP contribution >= 0.6 is 11.3 Å². The summed E-state index contributed by atoms with van der Waals surface area (Å²) in [6, 6.07) is 13.6. The summed E-state index contributed by atoms with van der Waals surface area (Å²) in [6.45, 7) is 0.320. The average Bonchev–Trinajstić information content (AvgIpc) is 3.23. The van der Waals surface area contributed by atoms with Crippen LogP contribution in [0.15, 0.2) is 60.1 Å². The first-order chi connectivity index (χ1) is 14.1. The van der Waals surface area contributed by atoms with Gasteiger partial charge >= 0.3 is 0 Å². The molecular weight excluding hydrogens is 388 g/mol. The second-order valence-corrected chi connectivity index (χ2v) is 7.47. The van der Waals surface area contributed by atoms with Crippen molar-refractivity contribution in [1.29, 1.82) is 0 Å². The summed E-state index contributed by atoms with van der Waals surface area (Å²) in [5, 5.41) is 11.0. The minimum absolute atomic E-state index is 0.141. The monoisotopic (exact) mass is 406 g/mol. The van der Waals surface area contributed by atoms with E-state index in [4.69, 9.17) is 0 Å². The molecule has 3 amide bonds. The molecule has 29 heavy (non-hydrogen) atoms. The van der Waals surface area contributed by atoms with Crippen molar-refractivity contribution in [3.63, 3.8) is 0 Å². The first-order valence-electron chi connectivity index (χ1n) is 9.06. The zero-order valence-corrected chi connectivity index (χ0v) is 16.2. The van der Waals surface area contributed by atoms with Crippen LogP contribution < -0.4 is 16.0 Å². The van der Waals surface area contributed by atoms with Crippen LogP contribution in [-0.2, 0) is 16.1 Å². The predicted molar refractivity (Wildman–Crippen MR) is 110 cm³/mol. The molecule has 7 nitrogen and oxygen atoms in total. The first-order valence-corrected chi connectivity index (χ1v) is 9.94. The van der Waals surface area contributed by atoms with Crippen molar-refractivity contribution >= 4 is 34.7 Å². The van der Waals surface area contributed by atoms with Gasteiger partial charge in [-0.15, -0.1) is 11.3 Å². The normalized spacial score (nSPS) is 15.7. The number of anilines is 1. The number of fused-ring (bicyclic) bond motifs is 1. The summed E-state index contributed by atoms with van der Waals surface area (Å²) >= 11 is 1.55. The molecule has 1 unspecified atom stereocenters. The van der Waals surface area contributed by atoms with E-state index in [0.29, 0.717) is 17.8 Å². The zero-order chi connectivity index (χ0) is 20.2. The molecule has 3 N–H and O–H groups in total. The number of para-hydroxylation sites is 1. The number of nitrogens with one attached hydrogen (secondary N) is 3. The lowest BCUT2D eigenvalue weighted by molar-refractivity contribution is -0.125. The highest BCUT2D eigenvalue weighted by atomic mass is 32.1. The summed E-state index contributed by atoms with van der Waals surface area (Å²) < 4.78 is 0. The van der Waals surface area contributed by atoms with Crippen molar-refractivity contribution in [3.8, 4) is 10.6 Å². The number of nitrogens with zero attached hydrogens (tertiary/aromatic N) is 1. The fraction of sp³-hybridized carbons (Fsp3) is 0.143. The Balaban J connectivity index is 1.37. The van der Waals surface area contributed by atoms with Crippen molar-refractivity contribution in [2.24, 2.45) is 0 Å². The molecule has 2 heterocycles. The molecule has 0 bridgehead atoms. The number of carbonyl (C=O) groups excluding carboxylic acids is 3. The fourth-order valence-corrected chi connectivity index (χ4v) is 3.73. The van der Waals surface area contributed by atoms with Gasteiger partial charge in [-0.2, -0.15) is 0 Å². The van der Waals surface area contributed by atoms with E-state index >= 15 is 0 Å². The number of hydrogen-bond acceptors (Lipinski definition) is 5. The van der Waals surface area contributed by atoms with Gasteiger partial charge in [-0.25, -0.2) is 4.98 Å². The summed E-state index contributed by atoms with van der Waals surface area (Å²) in [7, 11) is 0. The molecular formula is C21H18N4O3S. The molecule has 1 aliphatic heterocycles. The predicted octanol–water partition coefficient (Wildman–Crippen LogP) is 2.57. The maximum Gasteiger partial charge on any atom is 0.254 e. The van der Waals surface area contributed by atoms with Crippen molar-refractivity contribution in [2.45, 2.75) is 19.0 Å². The van der Waals surface area contributed by atoms with Crippen molar-refractivity contribution < 1.29 is 14.4 Å². The van der Waals surface area contributed by atoms with Gasteiger partial charge in [-0.3, -0.25) is 14.4 Å². The van der Waals surface area contributed by atoms with Crippen molar-refractivity contribution in [2.75, 3.05) is 5.32 Å². The minimum atomic E-state index is -0.934. The third-order valence-electron chi connectivity index (χ3n) is 4.54. The van der Waals surface area contributed by atoms with Gasteiger partial charge in [0.25, 0.3) is 5.91 Å². The van der Waals surface area contributed by atoms with Crippen LogP contribution in [0, 0.1) is 0 Å².